The molecule has 7 heteroatoms. The Balaban J connectivity index is 0.000000140. The molecule has 330 valence electrons. The van der Waals surface area contributed by atoms with Crippen molar-refractivity contribution in [2.24, 2.45) is 0 Å². The topological polar surface area (TPSA) is 43.4 Å². The molecule has 0 N–H and O–H groups in total. The molecule has 0 fully saturated rings. The molecule has 0 atom stereocenters. The molecular weight excluding hydrogens is 882 g/mol. The maximum absolute atomic E-state index is 13.2. The van der Waals surface area contributed by atoms with Gasteiger partial charge in [0.15, 0.2) is 5.75 Å². The van der Waals surface area contributed by atoms with Gasteiger partial charge in [0.05, 0.1) is 0 Å². The number of hydrogen-bond acceptors (Lipinski definition) is 3. The molecule has 0 aliphatic carbocycles. The van der Waals surface area contributed by atoms with Gasteiger partial charge < -0.3 is 4.18 Å². The molecule has 0 saturated carbocycles. The van der Waals surface area contributed by atoms with Crippen molar-refractivity contribution in [3.63, 3.8) is 0 Å². The van der Waals surface area contributed by atoms with E-state index < -0.39 is 15.6 Å². The Hall–Kier alpha value is -8.26. The lowest BCUT2D eigenvalue weighted by atomic mass is 9.87. The summed E-state index contributed by atoms with van der Waals surface area (Å²) in [6.07, 6.45) is 0. The maximum atomic E-state index is 13.2. The normalized spacial score (nSPS) is 12.5. The third-order valence-corrected chi connectivity index (χ3v) is 15.1. The van der Waals surface area contributed by atoms with Gasteiger partial charge in [-0.2, -0.15) is 21.6 Å². The van der Waals surface area contributed by atoms with Crippen LogP contribution >= 0.6 is 0 Å². The van der Waals surface area contributed by atoms with Crippen molar-refractivity contribution in [3.8, 4) is 28.0 Å². The van der Waals surface area contributed by atoms with E-state index in [1.165, 1.54) is 87.5 Å². The molecule has 0 radical (unpaired) electrons. The molecule has 0 saturated heterocycles. The largest absolute Gasteiger partial charge is 0.534 e. The Morgan fingerprint density at radius 1 is 0.319 bits per heavy atom. The molecule has 0 unspecified atom stereocenters. The van der Waals surface area contributed by atoms with Crippen LogP contribution in [0.25, 0.3) is 130 Å². The van der Waals surface area contributed by atoms with Gasteiger partial charge in [-0.15, -0.1) is 0 Å². The van der Waals surface area contributed by atoms with Gasteiger partial charge in [-0.3, -0.25) is 0 Å². The summed E-state index contributed by atoms with van der Waals surface area (Å²) in [4.78, 5) is 0. The highest BCUT2D eigenvalue weighted by molar-refractivity contribution is 7.88. The molecular formula is C62H37F3O3S. The average molecular weight is 919 g/mol. The van der Waals surface area contributed by atoms with E-state index in [4.69, 9.17) is 0 Å². The zero-order chi connectivity index (χ0) is 46.8. The van der Waals surface area contributed by atoms with E-state index in [2.05, 4.69) is 132 Å². The van der Waals surface area contributed by atoms with E-state index in [0.29, 0.717) is 5.56 Å². The van der Waals surface area contributed by atoms with Crippen molar-refractivity contribution in [1.82, 2.24) is 0 Å². The predicted molar refractivity (Wildman–Crippen MR) is 282 cm³/mol. The molecule has 14 aromatic carbocycles. The van der Waals surface area contributed by atoms with Crippen LogP contribution < -0.4 is 4.18 Å². The van der Waals surface area contributed by atoms with Gasteiger partial charge >= 0.3 is 15.6 Å². The molecule has 14 rings (SSSR count). The van der Waals surface area contributed by atoms with Crippen molar-refractivity contribution in [2.75, 3.05) is 0 Å². The molecule has 14 aromatic rings. The minimum absolute atomic E-state index is 0.246. The summed E-state index contributed by atoms with van der Waals surface area (Å²) < 4.78 is 68.0. The fourth-order valence-corrected chi connectivity index (χ4v) is 11.6. The van der Waals surface area contributed by atoms with Gasteiger partial charge in [0.25, 0.3) is 0 Å². The standard InChI is InChI=1S/C32H21F3O3S.C30H16/c1-20-10-2-3-11-21(20)27-18-29-25-15-7-5-13-23(25)28(19-30(29)24-14-6-4-12-22(24)27)26-16-8-9-17-31(26)38-39(36,37)32(33,34)35;1-3-9-19-17(7-1)21-11-5-13-23-26-16-28-20-10-4-2-8-18(20)22-12-6-14-24(30(22)28)25(26)15-27(19)29(21)23/h2-19H,1H3;1-16H. The Morgan fingerprint density at radius 3 is 1.09 bits per heavy atom. The lowest BCUT2D eigenvalue weighted by molar-refractivity contribution is -0.0499. The Morgan fingerprint density at radius 2 is 0.638 bits per heavy atom. The van der Waals surface area contributed by atoms with Gasteiger partial charge in [0.2, 0.25) is 0 Å². The first-order chi connectivity index (χ1) is 33.6. The van der Waals surface area contributed by atoms with Crippen LogP contribution in [0.15, 0.2) is 206 Å². The van der Waals surface area contributed by atoms with Crippen LogP contribution in [0.5, 0.6) is 5.75 Å². The molecule has 0 aliphatic heterocycles. The molecule has 3 nitrogen and oxygen atoms in total. The number of benzene rings is 12. The molecule has 0 spiro atoms. The first kappa shape index (κ1) is 41.0. The lowest BCUT2D eigenvalue weighted by Crippen LogP contribution is -2.28. The molecule has 0 heterocycles. The Bertz CT molecular complexity index is 4400. The fraction of sp³-hybridized carbons (Fsp3) is 0.0323. The maximum Gasteiger partial charge on any atom is 0.534 e. The average Bonchev–Trinajstić information content (AvgIpc) is 3.87. The quantitative estimate of drug-likeness (QED) is 0.100. The van der Waals surface area contributed by atoms with Crippen LogP contribution in [0.3, 0.4) is 0 Å². The summed E-state index contributed by atoms with van der Waals surface area (Å²) in [7, 11) is -5.85. The zero-order valence-electron chi connectivity index (χ0n) is 36.9. The first-order valence-corrected chi connectivity index (χ1v) is 24.1. The van der Waals surface area contributed by atoms with Crippen molar-refractivity contribution in [3.05, 3.63) is 212 Å². The highest BCUT2D eigenvalue weighted by atomic mass is 32.2. The van der Waals surface area contributed by atoms with E-state index in [1.54, 1.807) is 12.1 Å². The molecule has 0 aliphatic rings. The summed E-state index contributed by atoms with van der Waals surface area (Å²) in [6, 6.07) is 69.9. The highest BCUT2D eigenvalue weighted by Gasteiger charge is 2.49. The van der Waals surface area contributed by atoms with Crippen molar-refractivity contribution in [1.29, 1.82) is 0 Å². The first-order valence-electron chi connectivity index (χ1n) is 22.7. The number of halogens is 3. The Labute approximate surface area is 394 Å². The number of hydrogen-bond donors (Lipinski definition) is 0. The predicted octanol–water partition coefficient (Wildman–Crippen LogP) is 17.7. The third-order valence-electron chi connectivity index (χ3n) is 14.1. The van der Waals surface area contributed by atoms with Gasteiger partial charge in [-0.25, -0.2) is 0 Å². The highest BCUT2D eigenvalue weighted by Crippen LogP contribution is 2.48. The molecule has 0 bridgehead atoms. The SMILES string of the molecule is Cc1ccccc1-c1cc2c3ccccc3c(-c3ccccc3OS(=O)(=O)C(F)(F)F)cc2c2ccccc12.c1ccc2c(c1)c1cccc3c4cc5c6ccccc6c6cccc(c4cc2c13)c65. The van der Waals surface area contributed by atoms with Gasteiger partial charge in [-0.1, -0.05) is 176 Å². The number of aryl methyl sites for hydroxylation is 1. The minimum Gasteiger partial charge on any atom is -0.375 e. The van der Waals surface area contributed by atoms with Crippen LogP contribution in [-0.2, 0) is 10.1 Å². The van der Waals surface area contributed by atoms with Crippen molar-refractivity contribution in [2.45, 2.75) is 12.4 Å². The summed E-state index contributed by atoms with van der Waals surface area (Å²) >= 11 is 0. The zero-order valence-corrected chi connectivity index (χ0v) is 37.7. The smallest absolute Gasteiger partial charge is 0.375 e. The van der Waals surface area contributed by atoms with E-state index in [-0.39, 0.29) is 11.3 Å². The monoisotopic (exact) mass is 918 g/mol. The van der Waals surface area contributed by atoms with Crippen LogP contribution in [0, 0.1) is 6.92 Å². The van der Waals surface area contributed by atoms with Gasteiger partial charge in [0.1, 0.15) is 0 Å². The van der Waals surface area contributed by atoms with Crippen molar-refractivity contribution < 1.29 is 25.8 Å². The van der Waals surface area contributed by atoms with E-state index >= 15 is 0 Å². The van der Waals surface area contributed by atoms with Crippen LogP contribution in [0.4, 0.5) is 13.2 Å². The molecule has 0 aromatic heterocycles. The second-order valence-electron chi connectivity index (χ2n) is 17.8. The molecule has 0 amide bonds. The number of fused-ring (bicyclic) bond motifs is 14. The summed E-state index contributed by atoms with van der Waals surface area (Å²) in [5, 5.41) is 24.7. The third kappa shape index (κ3) is 6.16. The van der Waals surface area contributed by atoms with Gasteiger partial charge in [0, 0.05) is 5.56 Å². The van der Waals surface area contributed by atoms with E-state index in [0.717, 1.165) is 49.0 Å². The van der Waals surface area contributed by atoms with Crippen LogP contribution in [0.1, 0.15) is 5.56 Å². The fourth-order valence-electron chi connectivity index (χ4n) is 11.1. The number of rotatable bonds is 4. The summed E-state index contributed by atoms with van der Waals surface area (Å²) in [5.41, 5.74) is -1.41. The number of alkyl halides is 3. The molecule has 69 heavy (non-hydrogen) atoms. The van der Waals surface area contributed by atoms with Crippen LogP contribution in [-0.4, -0.2) is 13.9 Å². The van der Waals surface area contributed by atoms with Gasteiger partial charge in [-0.05, 0) is 167 Å². The summed E-state index contributed by atoms with van der Waals surface area (Å²) in [5.74, 6) is -0.389. The summed E-state index contributed by atoms with van der Waals surface area (Å²) in [6.45, 7) is 2.07. The van der Waals surface area contributed by atoms with E-state index in [9.17, 15) is 21.6 Å². The lowest BCUT2D eigenvalue weighted by Gasteiger charge is -2.18. The van der Waals surface area contributed by atoms with Crippen molar-refractivity contribution >= 4 is 118 Å². The van der Waals surface area contributed by atoms with E-state index in [1.807, 2.05) is 60.7 Å². The second-order valence-corrected chi connectivity index (χ2v) is 19.4. The second kappa shape index (κ2) is 15.1. The Kier molecular flexibility index (Phi) is 8.98. The minimum atomic E-state index is -5.85. The number of para-hydroxylation sites is 1. The van der Waals surface area contributed by atoms with Crippen LogP contribution in [0.2, 0.25) is 0 Å².